The third kappa shape index (κ3) is 3.89. The maximum Gasteiger partial charge on any atom is 0.336 e. The number of carboxylic acids is 1. The van der Waals surface area contributed by atoms with Crippen molar-refractivity contribution in [2.24, 2.45) is 0 Å². The van der Waals surface area contributed by atoms with E-state index in [1.807, 2.05) is 12.1 Å². The number of anilines is 1. The van der Waals surface area contributed by atoms with E-state index >= 15 is 0 Å². The minimum Gasteiger partial charge on any atom is -0.478 e. The van der Waals surface area contributed by atoms with Crippen molar-refractivity contribution >= 4 is 55.9 Å². The van der Waals surface area contributed by atoms with Crippen molar-refractivity contribution in [1.82, 2.24) is 4.98 Å². The number of nitrogens with one attached hydrogen (secondary N) is 1. The van der Waals surface area contributed by atoms with Crippen molar-refractivity contribution < 1.29 is 14.7 Å². The van der Waals surface area contributed by atoms with Crippen LogP contribution in [-0.4, -0.2) is 22.0 Å². The molecule has 25 heavy (non-hydrogen) atoms. The van der Waals surface area contributed by atoms with Crippen molar-refractivity contribution in [1.29, 1.82) is 0 Å². The van der Waals surface area contributed by atoms with Gasteiger partial charge < -0.3 is 5.11 Å². The molecule has 0 spiro atoms. The number of rotatable bonds is 4. The van der Waals surface area contributed by atoms with Gasteiger partial charge in [0.2, 0.25) is 0 Å². The number of hydrogen-bond donors (Lipinski definition) is 2. The Labute approximate surface area is 160 Å². The van der Waals surface area contributed by atoms with Crippen LogP contribution in [-0.2, 0) is 0 Å². The average molecular weight is 438 g/mol. The summed E-state index contributed by atoms with van der Waals surface area (Å²) in [5, 5.41) is 14.6. The number of aromatic carboxylic acids is 1. The number of halogens is 2. The molecular weight excluding hydrogens is 428 g/mol. The smallest absolute Gasteiger partial charge is 0.336 e. The van der Waals surface area contributed by atoms with Crippen LogP contribution in [0.3, 0.4) is 0 Å². The van der Waals surface area contributed by atoms with E-state index in [9.17, 15) is 14.7 Å². The number of benzene rings is 2. The molecule has 1 amide bonds. The highest BCUT2D eigenvalue weighted by molar-refractivity contribution is 9.10. The predicted molar refractivity (Wildman–Crippen MR) is 102 cm³/mol. The molecule has 0 atom stereocenters. The zero-order chi connectivity index (χ0) is 18.0. The van der Waals surface area contributed by atoms with Gasteiger partial charge in [0.25, 0.3) is 5.91 Å². The summed E-state index contributed by atoms with van der Waals surface area (Å²) < 4.78 is 0.751. The summed E-state index contributed by atoms with van der Waals surface area (Å²) >= 11 is 10.6. The summed E-state index contributed by atoms with van der Waals surface area (Å²) in [5.41, 5.74) is 1.56. The molecule has 3 aromatic rings. The molecule has 126 valence electrons. The van der Waals surface area contributed by atoms with Gasteiger partial charge in [-0.1, -0.05) is 29.8 Å². The summed E-state index contributed by atoms with van der Waals surface area (Å²) in [7, 11) is 0. The quantitative estimate of drug-likeness (QED) is 0.589. The minimum atomic E-state index is -1.16. The molecule has 2 aromatic carbocycles. The number of carboxylic acid groups (broad SMARTS) is 1. The molecule has 0 aliphatic heterocycles. The molecule has 1 aromatic heterocycles. The Kier molecular flexibility index (Phi) is 5.17. The van der Waals surface area contributed by atoms with Gasteiger partial charge in [-0.3, -0.25) is 10.1 Å². The monoisotopic (exact) mass is 436 g/mol. The molecule has 0 radical (unpaired) electrons. The van der Waals surface area contributed by atoms with E-state index in [1.54, 1.807) is 23.6 Å². The van der Waals surface area contributed by atoms with Crippen LogP contribution in [0.5, 0.6) is 0 Å². The molecule has 2 N–H and O–H groups in total. The fraction of sp³-hybridized carbons (Fsp3) is 0. The van der Waals surface area contributed by atoms with Crippen molar-refractivity contribution in [3.05, 3.63) is 68.5 Å². The topological polar surface area (TPSA) is 79.3 Å². The molecule has 3 rings (SSSR count). The van der Waals surface area contributed by atoms with Gasteiger partial charge in [-0.05, 0) is 40.2 Å². The number of carbonyl (C=O) groups is 2. The molecule has 0 saturated heterocycles. The van der Waals surface area contributed by atoms with Crippen LogP contribution in [0.15, 0.2) is 52.3 Å². The standard InChI is InChI=1S/C17H10BrClN2O3S/c18-12-7-9(5-6-13(12)19)14-8-25-17(20-14)21-15(22)10-3-1-2-4-11(10)16(23)24/h1-8H,(H,23,24)(H,20,21,22). The Bertz CT molecular complexity index is 974. The van der Waals surface area contributed by atoms with Crippen molar-refractivity contribution in [3.8, 4) is 11.3 Å². The maximum atomic E-state index is 12.4. The van der Waals surface area contributed by atoms with E-state index in [4.69, 9.17) is 11.6 Å². The number of aromatic nitrogens is 1. The number of thiazole rings is 1. The van der Waals surface area contributed by atoms with E-state index in [2.05, 4.69) is 26.2 Å². The Morgan fingerprint density at radius 1 is 1.16 bits per heavy atom. The van der Waals surface area contributed by atoms with Gasteiger partial charge in [0.05, 0.1) is 21.8 Å². The molecule has 0 saturated carbocycles. The summed E-state index contributed by atoms with van der Waals surface area (Å²) in [6.45, 7) is 0. The van der Waals surface area contributed by atoms with Crippen LogP contribution < -0.4 is 5.32 Å². The molecule has 1 heterocycles. The summed E-state index contributed by atoms with van der Waals surface area (Å²) in [6.07, 6.45) is 0. The SMILES string of the molecule is O=C(O)c1ccccc1C(=O)Nc1nc(-c2ccc(Cl)c(Br)c2)cs1. The van der Waals surface area contributed by atoms with Gasteiger partial charge in [-0.25, -0.2) is 9.78 Å². The minimum absolute atomic E-state index is 0.0570. The van der Waals surface area contributed by atoms with Gasteiger partial charge in [0, 0.05) is 15.4 Å². The fourth-order valence-electron chi connectivity index (χ4n) is 2.15. The van der Waals surface area contributed by atoms with Crippen molar-refractivity contribution in [3.63, 3.8) is 0 Å². The molecule has 0 aliphatic rings. The highest BCUT2D eigenvalue weighted by Gasteiger charge is 2.17. The number of carbonyl (C=O) groups excluding carboxylic acids is 1. The zero-order valence-electron chi connectivity index (χ0n) is 12.5. The molecular formula is C17H10BrClN2O3S. The van der Waals surface area contributed by atoms with E-state index < -0.39 is 11.9 Å². The molecule has 5 nitrogen and oxygen atoms in total. The van der Waals surface area contributed by atoms with E-state index in [1.165, 1.54) is 23.5 Å². The lowest BCUT2D eigenvalue weighted by Crippen LogP contribution is -2.16. The predicted octanol–water partition coefficient (Wildman–Crippen LogP) is 5.18. The second-order valence-corrected chi connectivity index (χ2v) is 7.09. The molecule has 0 bridgehead atoms. The van der Waals surface area contributed by atoms with E-state index in [0.717, 1.165) is 10.0 Å². The van der Waals surface area contributed by atoms with Crippen molar-refractivity contribution in [2.75, 3.05) is 5.32 Å². The van der Waals surface area contributed by atoms with Gasteiger partial charge in [0.15, 0.2) is 5.13 Å². The van der Waals surface area contributed by atoms with E-state index in [0.29, 0.717) is 15.8 Å². The Morgan fingerprint density at radius 2 is 1.88 bits per heavy atom. The second kappa shape index (κ2) is 7.35. The van der Waals surface area contributed by atoms with Gasteiger partial charge >= 0.3 is 5.97 Å². The third-order valence-corrected chi connectivity index (χ3v) is 5.31. The number of amides is 1. The summed E-state index contributed by atoms with van der Waals surface area (Å²) in [4.78, 5) is 27.9. The molecule has 8 heteroatoms. The largest absolute Gasteiger partial charge is 0.478 e. The molecule has 0 aliphatic carbocycles. The average Bonchev–Trinajstić information content (AvgIpc) is 3.05. The summed E-state index contributed by atoms with van der Waals surface area (Å²) in [5.74, 6) is -1.67. The zero-order valence-corrected chi connectivity index (χ0v) is 15.7. The second-order valence-electron chi connectivity index (χ2n) is 4.97. The lowest BCUT2D eigenvalue weighted by atomic mass is 10.1. The van der Waals surface area contributed by atoms with Gasteiger partial charge in [0.1, 0.15) is 0 Å². The van der Waals surface area contributed by atoms with Crippen molar-refractivity contribution in [2.45, 2.75) is 0 Å². The van der Waals surface area contributed by atoms with Crippen LogP contribution in [0.2, 0.25) is 5.02 Å². The first-order valence-electron chi connectivity index (χ1n) is 7.00. The first-order valence-corrected chi connectivity index (χ1v) is 9.05. The van der Waals surface area contributed by atoms with E-state index in [-0.39, 0.29) is 11.1 Å². The van der Waals surface area contributed by atoms with Crippen LogP contribution in [0.25, 0.3) is 11.3 Å². The third-order valence-electron chi connectivity index (χ3n) is 3.34. The van der Waals surface area contributed by atoms with Crippen LogP contribution >= 0.6 is 38.9 Å². The number of hydrogen-bond acceptors (Lipinski definition) is 4. The van der Waals surface area contributed by atoms with Gasteiger partial charge in [-0.15, -0.1) is 11.3 Å². The number of nitrogens with zero attached hydrogens (tertiary/aromatic N) is 1. The Hall–Kier alpha value is -2.22. The summed E-state index contributed by atoms with van der Waals surface area (Å²) in [6, 6.07) is 11.4. The highest BCUT2D eigenvalue weighted by Crippen LogP contribution is 2.30. The Balaban J connectivity index is 1.83. The molecule has 0 unspecified atom stereocenters. The van der Waals surface area contributed by atoms with Crippen LogP contribution in [0.4, 0.5) is 5.13 Å². The lowest BCUT2D eigenvalue weighted by molar-refractivity contribution is 0.0692. The Morgan fingerprint density at radius 3 is 2.56 bits per heavy atom. The normalized spacial score (nSPS) is 10.5. The van der Waals surface area contributed by atoms with Gasteiger partial charge in [-0.2, -0.15) is 0 Å². The first-order chi connectivity index (χ1) is 12.0. The van der Waals surface area contributed by atoms with Crippen LogP contribution in [0.1, 0.15) is 20.7 Å². The van der Waals surface area contributed by atoms with Crippen LogP contribution in [0, 0.1) is 0 Å². The maximum absolute atomic E-state index is 12.4. The highest BCUT2D eigenvalue weighted by atomic mass is 79.9. The fourth-order valence-corrected chi connectivity index (χ4v) is 3.36. The lowest BCUT2D eigenvalue weighted by Gasteiger charge is -2.05. The first kappa shape index (κ1) is 17.6. The molecule has 0 fully saturated rings.